The molecule has 0 aliphatic heterocycles. The number of pyridine rings is 1. The summed E-state index contributed by atoms with van der Waals surface area (Å²) in [6.45, 7) is 1.36. The summed E-state index contributed by atoms with van der Waals surface area (Å²) < 4.78 is 9.70. The molecule has 92 valence electrons. The van der Waals surface area contributed by atoms with Crippen molar-refractivity contribution in [3.63, 3.8) is 0 Å². The van der Waals surface area contributed by atoms with Crippen LogP contribution < -0.4 is 10.1 Å². The van der Waals surface area contributed by atoms with Gasteiger partial charge in [-0.2, -0.15) is 0 Å². The van der Waals surface area contributed by atoms with E-state index in [1.54, 1.807) is 0 Å². The third-order valence-electron chi connectivity index (χ3n) is 1.89. The quantitative estimate of drug-likeness (QED) is 0.820. The van der Waals surface area contributed by atoms with Crippen molar-refractivity contribution >= 4 is 17.7 Å². The number of oxazole rings is 1. The molecule has 7 nitrogen and oxygen atoms in total. The van der Waals surface area contributed by atoms with Crippen molar-refractivity contribution in [2.45, 2.75) is 6.92 Å². The molecule has 0 saturated carbocycles. The summed E-state index contributed by atoms with van der Waals surface area (Å²) in [5, 5.41) is 2.48. The van der Waals surface area contributed by atoms with E-state index >= 15 is 0 Å². The van der Waals surface area contributed by atoms with E-state index in [0.717, 1.165) is 6.39 Å². The molecule has 0 bridgehead atoms. The Morgan fingerprint density at radius 2 is 2.22 bits per heavy atom. The van der Waals surface area contributed by atoms with Gasteiger partial charge >= 0.3 is 5.97 Å². The maximum Gasteiger partial charge on any atom is 0.365 e. The highest BCUT2D eigenvalue weighted by Gasteiger charge is 2.12. The molecular weight excluding hydrogens is 238 g/mol. The standard InChI is InChI=1S/C11H9N3O4/c1-7(15)14-10-4-8(2-3-12-10)18-11(16)9-5-17-6-13-9/h2-6H,1H3,(H,12,14,15). The Balaban J connectivity index is 2.10. The van der Waals surface area contributed by atoms with Gasteiger partial charge in [-0.25, -0.2) is 14.8 Å². The first-order valence-electron chi connectivity index (χ1n) is 4.99. The Bertz CT molecular complexity index is 565. The number of aromatic nitrogens is 2. The summed E-state index contributed by atoms with van der Waals surface area (Å²) in [5.74, 6) is -0.360. The molecule has 0 unspecified atom stereocenters. The Labute approximate surface area is 102 Å². The fourth-order valence-electron chi connectivity index (χ4n) is 1.20. The van der Waals surface area contributed by atoms with Gasteiger partial charge < -0.3 is 14.5 Å². The number of hydrogen-bond donors (Lipinski definition) is 1. The number of ether oxygens (including phenoxy) is 1. The zero-order valence-electron chi connectivity index (χ0n) is 9.41. The van der Waals surface area contributed by atoms with Gasteiger partial charge in [0.25, 0.3) is 0 Å². The van der Waals surface area contributed by atoms with Gasteiger partial charge in [-0.05, 0) is 6.07 Å². The number of nitrogens with zero attached hydrogens (tertiary/aromatic N) is 2. The first kappa shape index (κ1) is 11.8. The first-order chi connectivity index (χ1) is 8.65. The number of amides is 1. The van der Waals surface area contributed by atoms with Crippen LogP contribution in [0.15, 0.2) is 35.4 Å². The van der Waals surface area contributed by atoms with E-state index in [0.29, 0.717) is 5.82 Å². The van der Waals surface area contributed by atoms with Crippen molar-refractivity contribution in [1.82, 2.24) is 9.97 Å². The minimum Gasteiger partial charge on any atom is -0.451 e. The Kier molecular flexibility index (Phi) is 3.33. The van der Waals surface area contributed by atoms with Crippen molar-refractivity contribution in [1.29, 1.82) is 0 Å². The molecule has 0 atom stereocenters. The van der Waals surface area contributed by atoms with Gasteiger partial charge in [0, 0.05) is 19.2 Å². The smallest absolute Gasteiger partial charge is 0.365 e. The van der Waals surface area contributed by atoms with E-state index in [1.807, 2.05) is 0 Å². The molecule has 1 amide bonds. The fraction of sp³-hybridized carbons (Fsp3) is 0.0909. The maximum atomic E-state index is 11.6. The second-order valence-corrected chi connectivity index (χ2v) is 3.32. The lowest BCUT2D eigenvalue weighted by molar-refractivity contribution is -0.114. The molecule has 7 heteroatoms. The molecule has 2 aromatic heterocycles. The van der Waals surface area contributed by atoms with E-state index in [4.69, 9.17) is 4.74 Å². The van der Waals surface area contributed by atoms with Crippen molar-refractivity contribution < 1.29 is 18.7 Å². The number of carbonyl (C=O) groups is 2. The fourth-order valence-corrected chi connectivity index (χ4v) is 1.20. The van der Waals surface area contributed by atoms with Crippen LogP contribution in [0, 0.1) is 0 Å². The largest absolute Gasteiger partial charge is 0.451 e. The van der Waals surface area contributed by atoms with Crippen molar-refractivity contribution in [2.24, 2.45) is 0 Å². The SMILES string of the molecule is CC(=O)Nc1cc(OC(=O)c2cocn2)ccn1. The summed E-state index contributed by atoms with van der Waals surface area (Å²) in [7, 11) is 0. The molecule has 2 heterocycles. The van der Waals surface area contributed by atoms with Crippen molar-refractivity contribution in [2.75, 3.05) is 5.32 Å². The van der Waals surface area contributed by atoms with E-state index in [9.17, 15) is 9.59 Å². The van der Waals surface area contributed by atoms with E-state index < -0.39 is 5.97 Å². The highest BCUT2D eigenvalue weighted by molar-refractivity contribution is 5.89. The predicted octanol–water partition coefficient (Wildman–Crippen LogP) is 1.25. The third kappa shape index (κ3) is 2.91. The number of hydrogen-bond acceptors (Lipinski definition) is 6. The molecule has 0 saturated heterocycles. The number of anilines is 1. The Hall–Kier alpha value is -2.70. The number of rotatable bonds is 3. The van der Waals surface area contributed by atoms with Crippen LogP contribution in [0.2, 0.25) is 0 Å². The van der Waals surface area contributed by atoms with Crippen LogP contribution in [0.5, 0.6) is 5.75 Å². The molecule has 2 aromatic rings. The molecule has 1 N–H and O–H groups in total. The van der Waals surface area contributed by atoms with E-state index in [1.165, 1.54) is 31.5 Å². The number of esters is 1. The minimum absolute atomic E-state index is 0.0629. The van der Waals surface area contributed by atoms with Crippen LogP contribution in [0.1, 0.15) is 17.4 Å². The average Bonchev–Trinajstić information content (AvgIpc) is 2.81. The molecule has 0 aliphatic rings. The average molecular weight is 247 g/mol. The highest BCUT2D eigenvalue weighted by Crippen LogP contribution is 2.15. The zero-order chi connectivity index (χ0) is 13.0. The second kappa shape index (κ2) is 5.09. The molecule has 0 spiro atoms. The summed E-state index contributed by atoms with van der Waals surface area (Å²) in [5.41, 5.74) is 0.0629. The van der Waals surface area contributed by atoms with Gasteiger partial charge in [-0.3, -0.25) is 4.79 Å². The number of carbonyl (C=O) groups excluding carboxylic acids is 2. The molecule has 0 fully saturated rings. The highest BCUT2D eigenvalue weighted by atomic mass is 16.5. The summed E-state index contributed by atoms with van der Waals surface area (Å²) in [4.78, 5) is 30.0. The van der Waals surface area contributed by atoms with Crippen molar-refractivity contribution in [3.05, 3.63) is 36.7 Å². The van der Waals surface area contributed by atoms with Gasteiger partial charge in [-0.15, -0.1) is 0 Å². The Morgan fingerprint density at radius 3 is 2.89 bits per heavy atom. The van der Waals surface area contributed by atoms with Crippen LogP contribution >= 0.6 is 0 Å². The normalized spacial score (nSPS) is 9.83. The van der Waals surface area contributed by atoms with E-state index in [-0.39, 0.29) is 17.4 Å². The summed E-state index contributed by atoms with van der Waals surface area (Å²) in [6.07, 6.45) is 3.72. The summed E-state index contributed by atoms with van der Waals surface area (Å²) >= 11 is 0. The van der Waals surface area contributed by atoms with Gasteiger partial charge in [0.1, 0.15) is 17.8 Å². The topological polar surface area (TPSA) is 94.3 Å². The molecule has 2 rings (SSSR count). The summed E-state index contributed by atoms with van der Waals surface area (Å²) in [6, 6.07) is 2.92. The molecular formula is C11H9N3O4. The van der Waals surface area contributed by atoms with E-state index in [2.05, 4.69) is 19.7 Å². The Morgan fingerprint density at radius 1 is 1.39 bits per heavy atom. The lowest BCUT2D eigenvalue weighted by atomic mass is 10.4. The van der Waals surface area contributed by atoms with Crippen LogP contribution in [-0.4, -0.2) is 21.8 Å². The molecule has 0 aliphatic carbocycles. The number of nitrogens with one attached hydrogen (secondary N) is 1. The molecule has 18 heavy (non-hydrogen) atoms. The minimum atomic E-state index is -0.649. The van der Waals surface area contributed by atoms with Gasteiger partial charge in [0.15, 0.2) is 12.1 Å². The van der Waals surface area contributed by atoms with Crippen LogP contribution in [0.25, 0.3) is 0 Å². The lowest BCUT2D eigenvalue weighted by Crippen LogP contribution is -2.10. The third-order valence-corrected chi connectivity index (χ3v) is 1.89. The van der Waals surface area contributed by atoms with Crippen LogP contribution in [0.3, 0.4) is 0 Å². The van der Waals surface area contributed by atoms with Crippen molar-refractivity contribution in [3.8, 4) is 5.75 Å². The zero-order valence-corrected chi connectivity index (χ0v) is 9.41. The first-order valence-corrected chi connectivity index (χ1v) is 4.99. The van der Waals surface area contributed by atoms with Gasteiger partial charge in [0.2, 0.25) is 5.91 Å². The molecule has 0 radical (unpaired) electrons. The van der Waals surface area contributed by atoms with Crippen LogP contribution in [0.4, 0.5) is 5.82 Å². The second-order valence-electron chi connectivity index (χ2n) is 3.32. The monoisotopic (exact) mass is 247 g/mol. The maximum absolute atomic E-state index is 11.6. The predicted molar refractivity (Wildman–Crippen MR) is 60.0 cm³/mol. The van der Waals surface area contributed by atoms with Gasteiger partial charge in [-0.1, -0.05) is 0 Å². The van der Waals surface area contributed by atoms with Gasteiger partial charge in [0.05, 0.1) is 0 Å². The van der Waals surface area contributed by atoms with Crippen LogP contribution in [-0.2, 0) is 4.79 Å². The molecule has 0 aromatic carbocycles. The lowest BCUT2D eigenvalue weighted by Gasteiger charge is -2.04.